The Morgan fingerprint density at radius 3 is 2.34 bits per heavy atom. The monoisotopic (exact) mass is 514 g/mol. The zero-order valence-electron chi connectivity index (χ0n) is 20.8. The number of nitrogens with zero attached hydrogens (tertiary/aromatic N) is 4. The van der Waals surface area contributed by atoms with Crippen LogP contribution in [-0.4, -0.2) is 27.6 Å². The quantitative estimate of drug-likeness (QED) is 0.245. The molecule has 6 rings (SSSR count). The second-order valence-corrected chi connectivity index (χ2v) is 9.74. The van der Waals surface area contributed by atoms with Gasteiger partial charge in [0.25, 0.3) is 5.56 Å². The SMILES string of the molecule is Cc1ccc(-c2ccc3ncc4ccc(=O)n(-c5ccc(N6CCCCC6)c(C(F)(F)F)c5)c4c3c2)cn1. The highest BCUT2D eigenvalue weighted by Crippen LogP contribution is 2.39. The average molecular weight is 515 g/mol. The molecule has 5 aromatic rings. The Kier molecular flexibility index (Phi) is 5.90. The molecule has 0 bridgehead atoms. The van der Waals surface area contributed by atoms with E-state index >= 15 is 0 Å². The summed E-state index contributed by atoms with van der Waals surface area (Å²) >= 11 is 0. The lowest BCUT2D eigenvalue weighted by Gasteiger charge is -2.31. The minimum Gasteiger partial charge on any atom is -0.371 e. The third-order valence-electron chi connectivity index (χ3n) is 7.20. The second kappa shape index (κ2) is 9.28. The normalized spacial score (nSPS) is 14.4. The smallest absolute Gasteiger partial charge is 0.371 e. The van der Waals surface area contributed by atoms with Gasteiger partial charge in [-0.3, -0.25) is 19.3 Å². The molecule has 1 aliphatic heterocycles. The van der Waals surface area contributed by atoms with Gasteiger partial charge in [0.2, 0.25) is 0 Å². The van der Waals surface area contributed by atoms with Crippen LogP contribution >= 0.6 is 0 Å². The number of aromatic nitrogens is 3. The first kappa shape index (κ1) is 24.2. The number of halogens is 3. The van der Waals surface area contributed by atoms with E-state index in [9.17, 15) is 18.0 Å². The standard InChI is InChI=1S/C30H25F3N4O/c1-19-5-6-21(17-34-19)20-7-10-26-24(15-20)29-22(18-35-26)8-12-28(38)37(29)23-9-11-27(25(16-23)30(31,32)33)36-13-3-2-4-14-36/h5-12,15-18H,2-4,13-14H2,1H3. The molecule has 1 fully saturated rings. The first-order valence-electron chi connectivity index (χ1n) is 12.6. The van der Waals surface area contributed by atoms with E-state index < -0.39 is 17.3 Å². The number of hydrogen-bond donors (Lipinski definition) is 0. The first-order chi connectivity index (χ1) is 18.3. The summed E-state index contributed by atoms with van der Waals surface area (Å²) in [6.45, 7) is 3.08. The molecule has 1 saturated heterocycles. The van der Waals surface area contributed by atoms with Gasteiger partial charge in [0.15, 0.2) is 0 Å². The lowest BCUT2D eigenvalue weighted by molar-refractivity contribution is -0.137. The number of fused-ring (bicyclic) bond motifs is 3. The molecule has 0 spiro atoms. The fourth-order valence-electron chi connectivity index (χ4n) is 5.29. The number of hydrogen-bond acceptors (Lipinski definition) is 4. The summed E-state index contributed by atoms with van der Waals surface area (Å²) in [7, 11) is 0. The minimum absolute atomic E-state index is 0.162. The number of pyridine rings is 3. The first-order valence-corrected chi connectivity index (χ1v) is 12.6. The Balaban J connectivity index is 1.60. The molecule has 0 unspecified atom stereocenters. The van der Waals surface area contributed by atoms with Crippen LogP contribution < -0.4 is 10.5 Å². The Morgan fingerprint density at radius 1 is 0.816 bits per heavy atom. The number of alkyl halides is 3. The summed E-state index contributed by atoms with van der Waals surface area (Å²) in [5, 5.41) is 1.33. The average Bonchev–Trinajstić information content (AvgIpc) is 2.93. The van der Waals surface area contributed by atoms with E-state index in [1.165, 1.54) is 16.7 Å². The predicted octanol–water partition coefficient (Wildman–Crippen LogP) is 6.92. The maximum atomic E-state index is 14.3. The molecule has 0 atom stereocenters. The zero-order valence-corrected chi connectivity index (χ0v) is 20.8. The van der Waals surface area contributed by atoms with Crippen molar-refractivity contribution in [3.63, 3.8) is 0 Å². The third kappa shape index (κ3) is 4.30. The summed E-state index contributed by atoms with van der Waals surface area (Å²) in [6.07, 6.45) is 1.60. The maximum absolute atomic E-state index is 14.3. The molecule has 1 aliphatic rings. The lowest BCUT2D eigenvalue weighted by atomic mass is 10.0. The lowest BCUT2D eigenvalue weighted by Crippen LogP contribution is -2.31. The molecule has 0 aliphatic carbocycles. The van der Waals surface area contributed by atoms with E-state index in [2.05, 4.69) is 9.97 Å². The molecule has 0 amide bonds. The van der Waals surface area contributed by atoms with Crippen LogP contribution in [0, 0.1) is 6.92 Å². The van der Waals surface area contributed by atoms with E-state index in [0.717, 1.165) is 42.1 Å². The van der Waals surface area contributed by atoms with E-state index in [1.807, 2.05) is 37.3 Å². The van der Waals surface area contributed by atoms with Crippen molar-refractivity contribution in [3.05, 3.63) is 94.7 Å². The Hall–Kier alpha value is -4.20. The Labute approximate surface area is 217 Å². The van der Waals surface area contributed by atoms with Crippen molar-refractivity contribution in [1.29, 1.82) is 0 Å². The second-order valence-electron chi connectivity index (χ2n) is 9.74. The van der Waals surface area contributed by atoms with Crippen LogP contribution in [0.5, 0.6) is 0 Å². The van der Waals surface area contributed by atoms with Crippen molar-refractivity contribution < 1.29 is 13.2 Å². The summed E-state index contributed by atoms with van der Waals surface area (Å²) in [5.74, 6) is 0. The van der Waals surface area contributed by atoms with Gasteiger partial charge in [-0.25, -0.2) is 0 Å². The number of aryl methyl sites for hydroxylation is 1. The summed E-state index contributed by atoms with van der Waals surface area (Å²) in [5.41, 5.74) is 3.01. The van der Waals surface area contributed by atoms with Gasteiger partial charge in [-0.1, -0.05) is 12.1 Å². The van der Waals surface area contributed by atoms with Crippen molar-refractivity contribution >= 4 is 27.5 Å². The molecule has 192 valence electrons. The molecule has 0 N–H and O–H groups in total. The van der Waals surface area contributed by atoms with Gasteiger partial charge < -0.3 is 4.90 Å². The molecule has 4 heterocycles. The van der Waals surface area contributed by atoms with Crippen LogP contribution in [0.25, 0.3) is 38.6 Å². The van der Waals surface area contributed by atoms with E-state index in [-0.39, 0.29) is 11.4 Å². The summed E-state index contributed by atoms with van der Waals surface area (Å²) in [4.78, 5) is 24.0. The molecule has 5 nitrogen and oxygen atoms in total. The van der Waals surface area contributed by atoms with Crippen LogP contribution in [0.15, 0.2) is 77.9 Å². The molecule has 0 radical (unpaired) electrons. The van der Waals surface area contributed by atoms with Crippen LogP contribution in [-0.2, 0) is 6.18 Å². The fraction of sp³-hybridized carbons (Fsp3) is 0.233. The molecule has 3 aromatic heterocycles. The van der Waals surface area contributed by atoms with Crippen LogP contribution in [0.2, 0.25) is 0 Å². The van der Waals surface area contributed by atoms with Crippen LogP contribution in [0.1, 0.15) is 30.5 Å². The topological polar surface area (TPSA) is 51.0 Å². The highest BCUT2D eigenvalue weighted by Gasteiger charge is 2.36. The summed E-state index contributed by atoms with van der Waals surface area (Å²) < 4.78 is 44.3. The van der Waals surface area contributed by atoms with Crippen molar-refractivity contribution in [2.75, 3.05) is 18.0 Å². The van der Waals surface area contributed by atoms with E-state index in [0.29, 0.717) is 34.9 Å². The van der Waals surface area contributed by atoms with Crippen LogP contribution in [0.3, 0.4) is 0 Å². The highest BCUT2D eigenvalue weighted by atomic mass is 19.4. The van der Waals surface area contributed by atoms with Crippen molar-refractivity contribution in [1.82, 2.24) is 14.5 Å². The van der Waals surface area contributed by atoms with Crippen molar-refractivity contribution in [3.8, 4) is 16.8 Å². The Bertz CT molecular complexity index is 1720. The fourth-order valence-corrected chi connectivity index (χ4v) is 5.29. The van der Waals surface area contributed by atoms with E-state index in [4.69, 9.17) is 0 Å². The van der Waals surface area contributed by atoms with Gasteiger partial charge in [0, 0.05) is 59.3 Å². The molecular weight excluding hydrogens is 489 g/mol. The largest absolute Gasteiger partial charge is 0.418 e. The van der Waals surface area contributed by atoms with Gasteiger partial charge in [0.1, 0.15) is 0 Å². The zero-order chi connectivity index (χ0) is 26.4. The van der Waals surface area contributed by atoms with Gasteiger partial charge in [-0.2, -0.15) is 13.2 Å². The highest BCUT2D eigenvalue weighted by molar-refractivity contribution is 6.05. The van der Waals surface area contributed by atoms with Crippen LogP contribution in [0.4, 0.5) is 18.9 Å². The van der Waals surface area contributed by atoms with Gasteiger partial charge in [0.05, 0.1) is 22.3 Å². The molecule has 2 aromatic carbocycles. The van der Waals surface area contributed by atoms with Gasteiger partial charge >= 0.3 is 6.18 Å². The van der Waals surface area contributed by atoms with E-state index in [1.54, 1.807) is 29.4 Å². The summed E-state index contributed by atoms with van der Waals surface area (Å²) in [6, 6.07) is 16.8. The van der Waals surface area contributed by atoms with Gasteiger partial charge in [-0.05, 0) is 74.2 Å². The minimum atomic E-state index is -4.56. The number of piperidine rings is 1. The van der Waals surface area contributed by atoms with Crippen molar-refractivity contribution in [2.24, 2.45) is 0 Å². The maximum Gasteiger partial charge on any atom is 0.418 e. The molecular formula is C30H25F3N4O. The molecule has 38 heavy (non-hydrogen) atoms. The number of rotatable bonds is 3. The molecule has 8 heteroatoms. The third-order valence-corrected chi connectivity index (χ3v) is 7.20. The Morgan fingerprint density at radius 2 is 1.61 bits per heavy atom. The predicted molar refractivity (Wildman–Crippen MR) is 144 cm³/mol. The number of anilines is 1. The van der Waals surface area contributed by atoms with Crippen molar-refractivity contribution in [2.45, 2.75) is 32.4 Å². The van der Waals surface area contributed by atoms with Gasteiger partial charge in [-0.15, -0.1) is 0 Å². The number of benzene rings is 2. The molecule has 0 saturated carbocycles.